The van der Waals surface area contributed by atoms with Gasteiger partial charge < -0.3 is 5.32 Å². The predicted octanol–water partition coefficient (Wildman–Crippen LogP) is 4.53. The van der Waals surface area contributed by atoms with Crippen LogP contribution in [0, 0.1) is 30.1 Å². The number of aryl methyl sites for hydroxylation is 1. The Labute approximate surface area is 196 Å². The Hall–Kier alpha value is -2.58. The molecule has 1 heterocycles. The highest BCUT2D eigenvalue weighted by molar-refractivity contribution is 6.10. The van der Waals surface area contributed by atoms with E-state index in [1.165, 1.54) is 12.1 Å². The molecule has 4 saturated carbocycles. The van der Waals surface area contributed by atoms with Gasteiger partial charge in [0.1, 0.15) is 0 Å². The number of imide groups is 1. The summed E-state index contributed by atoms with van der Waals surface area (Å²) in [5.74, 6) is -0.984. The van der Waals surface area contributed by atoms with Crippen molar-refractivity contribution in [3.05, 3.63) is 35.4 Å². The summed E-state index contributed by atoms with van der Waals surface area (Å²) in [6.07, 6.45) is 1.08. The van der Waals surface area contributed by atoms with Crippen molar-refractivity contribution in [3.8, 4) is 0 Å². The second-order valence-electron chi connectivity index (χ2n) is 10.9. The monoisotopic (exact) mass is 477 g/mol. The molecule has 0 aromatic heterocycles. The molecule has 0 unspecified atom stereocenters. The molecule has 1 saturated heterocycles. The Morgan fingerprint density at radius 3 is 2.09 bits per heavy atom. The van der Waals surface area contributed by atoms with Gasteiger partial charge in [0, 0.05) is 11.6 Å². The van der Waals surface area contributed by atoms with E-state index in [-0.39, 0.29) is 11.0 Å². The van der Waals surface area contributed by atoms with Crippen molar-refractivity contribution in [3.63, 3.8) is 0 Å². The fourth-order valence-corrected chi connectivity index (χ4v) is 7.60. The van der Waals surface area contributed by atoms with Crippen molar-refractivity contribution in [1.82, 2.24) is 15.5 Å². The highest BCUT2D eigenvalue weighted by Crippen LogP contribution is 2.62. The number of hydrogen-bond donors (Lipinski definition) is 2. The van der Waals surface area contributed by atoms with Crippen molar-refractivity contribution < 1.29 is 27.6 Å². The van der Waals surface area contributed by atoms with Crippen molar-refractivity contribution in [2.24, 2.45) is 23.2 Å². The first kappa shape index (κ1) is 23.2. The van der Waals surface area contributed by atoms with Crippen LogP contribution in [0.4, 0.5) is 18.0 Å². The molecule has 0 spiro atoms. The number of hydrogen-bond acceptors (Lipinski definition) is 3. The molecule has 1 aromatic carbocycles. The highest BCUT2D eigenvalue weighted by Gasteiger charge is 2.71. The molecule has 2 N–H and O–H groups in total. The maximum atomic E-state index is 14.4. The van der Waals surface area contributed by atoms with Gasteiger partial charge in [0.05, 0.1) is 0 Å². The lowest BCUT2D eigenvalue weighted by Crippen LogP contribution is -2.70. The average molecular weight is 478 g/mol. The zero-order chi connectivity index (χ0) is 24.5. The van der Waals surface area contributed by atoms with Crippen LogP contribution in [0.25, 0.3) is 0 Å². The zero-order valence-corrected chi connectivity index (χ0v) is 19.4. The molecular weight excluding hydrogens is 447 g/mol. The number of alkyl halides is 3. The van der Waals surface area contributed by atoms with E-state index in [9.17, 15) is 27.6 Å². The second-order valence-corrected chi connectivity index (χ2v) is 10.9. The first-order valence-corrected chi connectivity index (χ1v) is 12.1. The van der Waals surface area contributed by atoms with E-state index in [2.05, 4.69) is 0 Å². The third-order valence-corrected chi connectivity index (χ3v) is 8.58. The Balaban J connectivity index is 1.48. The van der Waals surface area contributed by atoms with Crippen LogP contribution in [0.2, 0.25) is 0 Å². The van der Waals surface area contributed by atoms with Crippen molar-refractivity contribution in [2.75, 3.05) is 0 Å². The van der Waals surface area contributed by atoms with Crippen LogP contribution in [-0.4, -0.2) is 40.6 Å². The predicted molar refractivity (Wildman–Crippen MR) is 117 cm³/mol. The summed E-state index contributed by atoms with van der Waals surface area (Å²) in [6, 6.07) is 4.24. The maximum Gasteiger partial charge on any atom is 0.440 e. The molecule has 6 nitrogen and oxygen atoms in total. The molecule has 1 aromatic rings. The lowest BCUT2D eigenvalue weighted by atomic mass is 9.47. The van der Waals surface area contributed by atoms with Crippen molar-refractivity contribution >= 4 is 17.8 Å². The van der Waals surface area contributed by atoms with Crippen LogP contribution in [0.15, 0.2) is 24.3 Å². The summed E-state index contributed by atoms with van der Waals surface area (Å²) in [5.41, 5.74) is -3.02. The number of amides is 4. The Kier molecular flexibility index (Phi) is 5.26. The summed E-state index contributed by atoms with van der Waals surface area (Å²) in [7, 11) is 0. The summed E-state index contributed by atoms with van der Waals surface area (Å²) in [6.45, 7) is 3.61. The largest absolute Gasteiger partial charge is 0.440 e. The molecule has 4 amide bonds. The second kappa shape index (κ2) is 7.71. The van der Waals surface area contributed by atoms with Gasteiger partial charge in [-0.25, -0.2) is 4.79 Å². The van der Waals surface area contributed by atoms with Crippen LogP contribution >= 0.6 is 0 Å². The smallest absolute Gasteiger partial charge is 0.314 e. The number of carbonyl (C=O) groups excluding carboxylic acids is 3. The number of halogens is 3. The molecule has 184 valence electrons. The van der Waals surface area contributed by atoms with Gasteiger partial charge in [0.25, 0.3) is 17.5 Å². The first-order valence-electron chi connectivity index (χ1n) is 12.1. The third-order valence-electron chi connectivity index (χ3n) is 8.58. The fourth-order valence-electron chi connectivity index (χ4n) is 7.60. The molecule has 4 aliphatic carbocycles. The summed E-state index contributed by atoms with van der Waals surface area (Å²) in [5, 5.41) is 3.69. The van der Waals surface area contributed by atoms with Gasteiger partial charge in [-0.05, 0) is 87.2 Å². The minimum atomic E-state index is -5.21. The van der Waals surface area contributed by atoms with Crippen LogP contribution in [0.5, 0.6) is 0 Å². The van der Waals surface area contributed by atoms with Crippen LogP contribution in [0.3, 0.4) is 0 Å². The first-order chi connectivity index (χ1) is 16.0. The van der Waals surface area contributed by atoms with Gasteiger partial charge in [-0.2, -0.15) is 13.2 Å². The van der Waals surface area contributed by atoms with Crippen LogP contribution in [0.1, 0.15) is 67.8 Å². The number of carbonyl (C=O) groups is 3. The van der Waals surface area contributed by atoms with E-state index in [1.807, 2.05) is 17.6 Å². The van der Waals surface area contributed by atoms with Crippen LogP contribution < -0.4 is 10.6 Å². The third kappa shape index (κ3) is 3.41. The molecule has 4 bridgehead atoms. The van der Waals surface area contributed by atoms with Crippen molar-refractivity contribution in [1.29, 1.82) is 0 Å². The van der Waals surface area contributed by atoms with E-state index in [0.29, 0.717) is 24.2 Å². The summed E-state index contributed by atoms with van der Waals surface area (Å²) >= 11 is 0. The molecule has 0 radical (unpaired) electrons. The highest BCUT2D eigenvalue weighted by atomic mass is 19.4. The lowest BCUT2D eigenvalue weighted by molar-refractivity contribution is -0.202. The molecule has 1 aliphatic heterocycles. The van der Waals surface area contributed by atoms with E-state index >= 15 is 0 Å². The van der Waals surface area contributed by atoms with Gasteiger partial charge in [-0.15, -0.1) is 0 Å². The molecule has 5 fully saturated rings. The fraction of sp³-hybridized carbons (Fsp3) is 0.640. The number of nitrogens with zero attached hydrogens (tertiary/aromatic N) is 1. The summed E-state index contributed by atoms with van der Waals surface area (Å²) in [4.78, 5) is 40.1. The molecule has 9 heteroatoms. The molecular formula is C25H30F3N3O3. The Bertz CT molecular complexity index is 987. The van der Waals surface area contributed by atoms with E-state index in [4.69, 9.17) is 0 Å². The van der Waals surface area contributed by atoms with Gasteiger partial charge in [-0.1, -0.05) is 24.6 Å². The minimum absolute atomic E-state index is 0.0251. The average Bonchev–Trinajstić information content (AvgIpc) is 2.99. The molecule has 34 heavy (non-hydrogen) atoms. The van der Waals surface area contributed by atoms with Gasteiger partial charge >= 0.3 is 12.2 Å². The normalized spacial score (nSPS) is 35.4. The number of nitrogens with one attached hydrogen (secondary N) is 2. The topological polar surface area (TPSA) is 78.5 Å². The Morgan fingerprint density at radius 1 is 1.09 bits per heavy atom. The van der Waals surface area contributed by atoms with Gasteiger partial charge in [0.15, 0.2) is 0 Å². The Morgan fingerprint density at radius 2 is 1.62 bits per heavy atom. The molecule has 5 aliphatic rings. The quantitative estimate of drug-likeness (QED) is 0.612. The van der Waals surface area contributed by atoms with Crippen LogP contribution in [-0.2, 0) is 4.79 Å². The summed E-state index contributed by atoms with van der Waals surface area (Å²) < 4.78 is 43.2. The number of rotatable bonds is 5. The number of benzene rings is 1. The standard InChI is InChI=1S/C25H30F3N3O3/c1-3-19(23-11-15-8-16(12-23)10-17(9-15)13-23)31-21(33)24(25(26,27)28,30-22(31)34)29-20(32)18-6-4-14(2)5-7-18/h4-7,15-17,19H,3,8-13H2,1-2H3,(H,29,32)(H,30,34)/t15?,16?,17?,19-,23?,24+/m0/s1. The molecule has 2 atom stereocenters. The van der Waals surface area contributed by atoms with E-state index < -0.39 is 35.7 Å². The maximum absolute atomic E-state index is 14.4. The zero-order valence-electron chi connectivity index (χ0n) is 19.4. The SMILES string of the molecule is CC[C@H](N1C(=O)N[C@@](NC(=O)c2ccc(C)cc2)(C(F)(F)F)C1=O)C12CC3CC(CC(C3)C1)C2. The number of urea groups is 1. The van der Waals surface area contributed by atoms with E-state index in [1.54, 1.807) is 19.1 Å². The van der Waals surface area contributed by atoms with E-state index in [0.717, 1.165) is 49.0 Å². The van der Waals surface area contributed by atoms with Gasteiger partial charge in [-0.3, -0.25) is 19.8 Å². The minimum Gasteiger partial charge on any atom is -0.314 e. The van der Waals surface area contributed by atoms with Crippen molar-refractivity contribution in [2.45, 2.75) is 76.7 Å². The molecule has 6 rings (SSSR count). The lowest BCUT2D eigenvalue weighted by Gasteiger charge is -2.60. The van der Waals surface area contributed by atoms with Gasteiger partial charge in [0.2, 0.25) is 0 Å².